The van der Waals surface area contributed by atoms with E-state index >= 15 is 0 Å². The van der Waals surface area contributed by atoms with E-state index in [9.17, 15) is 4.79 Å². The molecule has 0 N–H and O–H groups in total. The smallest absolute Gasteiger partial charge is 0.340 e. The summed E-state index contributed by atoms with van der Waals surface area (Å²) in [5.41, 5.74) is 3.44. The number of hydrogen-bond donors (Lipinski definition) is 0. The highest BCUT2D eigenvalue weighted by molar-refractivity contribution is 5.91. The molecule has 1 aliphatic carbocycles. The van der Waals surface area contributed by atoms with Gasteiger partial charge in [0, 0.05) is 23.0 Å². The molecular formula is C24H29N3O4. The Morgan fingerprint density at radius 1 is 1.13 bits per heavy atom. The second-order valence-electron chi connectivity index (χ2n) is 8.17. The number of nitrogens with zero attached hydrogens (tertiary/aromatic N) is 3. The third-order valence-corrected chi connectivity index (χ3v) is 6.05. The zero-order chi connectivity index (χ0) is 22.0. The van der Waals surface area contributed by atoms with Gasteiger partial charge in [0.15, 0.2) is 6.10 Å². The molecule has 1 unspecified atom stereocenters. The van der Waals surface area contributed by atoms with E-state index in [1.54, 1.807) is 14.0 Å². The lowest BCUT2D eigenvalue weighted by Gasteiger charge is -2.26. The minimum Gasteiger partial charge on any atom is -0.497 e. The van der Waals surface area contributed by atoms with Crippen LogP contribution in [0.1, 0.15) is 78.8 Å². The number of methoxy groups -OCH3 is 1. The molecule has 1 atom stereocenters. The van der Waals surface area contributed by atoms with Crippen LogP contribution in [0.4, 0.5) is 0 Å². The Morgan fingerprint density at radius 2 is 1.84 bits per heavy atom. The molecule has 4 rings (SSSR count). The number of carbonyl (C=O) groups is 1. The van der Waals surface area contributed by atoms with Crippen molar-refractivity contribution < 1.29 is 18.7 Å². The molecule has 1 fully saturated rings. The van der Waals surface area contributed by atoms with Crippen molar-refractivity contribution in [1.29, 1.82) is 0 Å². The molecule has 0 amide bonds. The summed E-state index contributed by atoms with van der Waals surface area (Å²) in [5, 5.41) is 8.16. The molecule has 31 heavy (non-hydrogen) atoms. The van der Waals surface area contributed by atoms with Crippen LogP contribution in [0.3, 0.4) is 0 Å². The van der Waals surface area contributed by atoms with Crippen molar-refractivity contribution in [2.24, 2.45) is 0 Å². The molecule has 0 saturated heterocycles. The van der Waals surface area contributed by atoms with Crippen LogP contribution in [0.2, 0.25) is 0 Å². The minimum absolute atomic E-state index is 0.264. The van der Waals surface area contributed by atoms with Crippen LogP contribution in [-0.2, 0) is 4.74 Å². The summed E-state index contributed by atoms with van der Waals surface area (Å²) in [6.45, 7) is 5.79. The highest BCUT2D eigenvalue weighted by Gasteiger charge is 2.26. The summed E-state index contributed by atoms with van der Waals surface area (Å²) in [6.07, 6.45) is 5.46. The van der Waals surface area contributed by atoms with Gasteiger partial charge in [-0.2, -0.15) is 0 Å². The Hall–Kier alpha value is -3.09. The third kappa shape index (κ3) is 4.36. The molecule has 0 spiro atoms. The molecule has 2 heterocycles. The number of esters is 1. The van der Waals surface area contributed by atoms with E-state index in [0.717, 1.165) is 35.5 Å². The Kier molecular flexibility index (Phi) is 6.11. The second-order valence-corrected chi connectivity index (χ2v) is 8.17. The summed E-state index contributed by atoms with van der Waals surface area (Å²) in [6, 6.07) is 9.72. The van der Waals surface area contributed by atoms with E-state index in [-0.39, 0.29) is 11.9 Å². The lowest BCUT2D eigenvalue weighted by molar-refractivity contribution is 0.0278. The number of aryl methyl sites for hydroxylation is 1. The topological polar surface area (TPSA) is 79.4 Å². The summed E-state index contributed by atoms with van der Waals surface area (Å²) in [7, 11) is 1.61. The summed E-state index contributed by atoms with van der Waals surface area (Å²) in [5.74, 6) is 1.01. The molecule has 0 aliphatic heterocycles. The molecular weight excluding hydrogens is 394 g/mol. The Balaban J connectivity index is 1.47. The Morgan fingerprint density at radius 3 is 2.52 bits per heavy atom. The van der Waals surface area contributed by atoms with Gasteiger partial charge in [0.05, 0.1) is 12.7 Å². The van der Waals surface area contributed by atoms with Crippen molar-refractivity contribution in [3.63, 3.8) is 0 Å². The number of benzene rings is 1. The summed E-state index contributed by atoms with van der Waals surface area (Å²) < 4.78 is 18.9. The van der Waals surface area contributed by atoms with E-state index in [0.29, 0.717) is 17.5 Å². The molecule has 164 valence electrons. The molecule has 3 aromatic rings. The largest absolute Gasteiger partial charge is 0.497 e. The first-order valence-electron chi connectivity index (χ1n) is 10.8. The lowest BCUT2D eigenvalue weighted by atomic mass is 9.95. The number of aromatic nitrogens is 3. The monoisotopic (exact) mass is 423 g/mol. The predicted octanol–water partition coefficient (Wildman–Crippen LogP) is 5.59. The van der Waals surface area contributed by atoms with Gasteiger partial charge in [-0.15, -0.1) is 10.2 Å². The van der Waals surface area contributed by atoms with Gasteiger partial charge in [0.2, 0.25) is 5.89 Å². The number of rotatable bonds is 6. The standard InChI is InChI=1S/C24H29N3O4/c1-15-14-21(16(2)27(15)19-8-6-5-7-9-19)24(28)30-17(3)22-25-26-23(31-22)18-10-12-20(29-4)13-11-18/h10-14,17,19H,5-9H2,1-4H3. The first-order valence-corrected chi connectivity index (χ1v) is 10.8. The third-order valence-electron chi connectivity index (χ3n) is 6.05. The van der Waals surface area contributed by atoms with Gasteiger partial charge >= 0.3 is 5.97 Å². The van der Waals surface area contributed by atoms with Gasteiger partial charge in [-0.3, -0.25) is 0 Å². The van der Waals surface area contributed by atoms with Gasteiger partial charge in [-0.1, -0.05) is 19.3 Å². The minimum atomic E-state index is -0.648. The van der Waals surface area contributed by atoms with Gasteiger partial charge in [0.25, 0.3) is 5.89 Å². The molecule has 1 aliphatic rings. The molecule has 7 heteroatoms. The SMILES string of the molecule is COc1ccc(-c2nnc(C(C)OC(=O)c3cc(C)n(C4CCCCC4)c3C)o2)cc1. The van der Waals surface area contributed by atoms with E-state index in [4.69, 9.17) is 13.9 Å². The molecule has 1 saturated carbocycles. The lowest BCUT2D eigenvalue weighted by Crippen LogP contribution is -2.16. The number of carbonyl (C=O) groups excluding carboxylic acids is 1. The zero-order valence-corrected chi connectivity index (χ0v) is 18.6. The Labute approximate surface area is 182 Å². The molecule has 0 bridgehead atoms. The highest BCUT2D eigenvalue weighted by Crippen LogP contribution is 2.33. The highest BCUT2D eigenvalue weighted by atomic mass is 16.6. The van der Waals surface area contributed by atoms with Crippen molar-refractivity contribution in [1.82, 2.24) is 14.8 Å². The van der Waals surface area contributed by atoms with Crippen molar-refractivity contribution in [2.45, 2.75) is 65.0 Å². The summed E-state index contributed by atoms with van der Waals surface area (Å²) in [4.78, 5) is 12.9. The molecule has 7 nitrogen and oxygen atoms in total. The average molecular weight is 424 g/mol. The maximum atomic E-state index is 12.9. The van der Waals surface area contributed by atoms with Gasteiger partial charge < -0.3 is 18.5 Å². The maximum Gasteiger partial charge on any atom is 0.340 e. The van der Waals surface area contributed by atoms with Crippen molar-refractivity contribution in [2.75, 3.05) is 7.11 Å². The Bertz CT molecular complexity index is 1050. The van der Waals surface area contributed by atoms with Gasteiger partial charge in [0.1, 0.15) is 5.75 Å². The van der Waals surface area contributed by atoms with Crippen LogP contribution in [0, 0.1) is 13.8 Å². The maximum absolute atomic E-state index is 12.9. The van der Waals surface area contributed by atoms with E-state index in [1.807, 2.05) is 37.3 Å². The van der Waals surface area contributed by atoms with E-state index in [2.05, 4.69) is 21.7 Å². The fourth-order valence-corrected chi connectivity index (χ4v) is 4.41. The van der Waals surface area contributed by atoms with Crippen LogP contribution in [0.5, 0.6) is 5.75 Å². The number of ether oxygens (including phenoxy) is 2. The quantitative estimate of drug-likeness (QED) is 0.481. The first kappa shape index (κ1) is 21.2. The predicted molar refractivity (Wildman–Crippen MR) is 116 cm³/mol. The average Bonchev–Trinajstić information content (AvgIpc) is 3.39. The van der Waals surface area contributed by atoms with E-state index in [1.165, 1.54) is 19.3 Å². The molecule has 0 radical (unpaired) electrons. The summed E-state index contributed by atoms with van der Waals surface area (Å²) >= 11 is 0. The van der Waals surface area contributed by atoms with Crippen LogP contribution in [-0.4, -0.2) is 27.8 Å². The van der Waals surface area contributed by atoms with Crippen molar-refractivity contribution in [3.8, 4) is 17.2 Å². The van der Waals surface area contributed by atoms with Crippen LogP contribution in [0.15, 0.2) is 34.7 Å². The second kappa shape index (κ2) is 8.96. The fraction of sp³-hybridized carbons (Fsp3) is 0.458. The van der Waals surface area contributed by atoms with Crippen LogP contribution >= 0.6 is 0 Å². The molecule has 1 aromatic carbocycles. The van der Waals surface area contributed by atoms with Crippen molar-refractivity contribution >= 4 is 5.97 Å². The van der Waals surface area contributed by atoms with Crippen LogP contribution < -0.4 is 4.74 Å². The first-order chi connectivity index (χ1) is 15.0. The fourth-order valence-electron chi connectivity index (χ4n) is 4.41. The van der Waals surface area contributed by atoms with Gasteiger partial charge in [-0.05, 0) is 63.9 Å². The van der Waals surface area contributed by atoms with Crippen molar-refractivity contribution in [3.05, 3.63) is 53.2 Å². The zero-order valence-electron chi connectivity index (χ0n) is 18.6. The van der Waals surface area contributed by atoms with Crippen LogP contribution in [0.25, 0.3) is 11.5 Å². The van der Waals surface area contributed by atoms with Gasteiger partial charge in [-0.25, -0.2) is 4.79 Å². The molecule has 2 aromatic heterocycles. The number of hydrogen-bond acceptors (Lipinski definition) is 6. The normalized spacial score (nSPS) is 15.6. The van der Waals surface area contributed by atoms with E-state index < -0.39 is 6.10 Å².